The fourth-order valence-electron chi connectivity index (χ4n) is 3.33. The normalized spacial score (nSPS) is 11.5. The van der Waals surface area contributed by atoms with Crippen LogP contribution in [0.5, 0.6) is 0 Å². The van der Waals surface area contributed by atoms with Crippen molar-refractivity contribution in [3.63, 3.8) is 0 Å². The van der Waals surface area contributed by atoms with Gasteiger partial charge in [0.05, 0.1) is 0 Å². The maximum atomic E-state index is 5.84. The second-order valence-corrected chi connectivity index (χ2v) is 6.57. The molecule has 0 atom stereocenters. The Morgan fingerprint density at radius 3 is 2.48 bits per heavy atom. The molecule has 0 fully saturated rings. The minimum atomic E-state index is 0.611. The molecule has 0 saturated heterocycles. The highest BCUT2D eigenvalue weighted by Crippen LogP contribution is 2.31. The molecular formula is C20H25N3. The average molecular weight is 307 g/mol. The minimum absolute atomic E-state index is 0.611. The Hall–Kier alpha value is -2.13. The van der Waals surface area contributed by atoms with Crippen LogP contribution in [0, 0.1) is 12.8 Å². The molecule has 0 radical (unpaired) electrons. The number of nitrogens with zero attached hydrogens (tertiary/aromatic N) is 2. The van der Waals surface area contributed by atoms with E-state index in [4.69, 9.17) is 5.73 Å². The quantitative estimate of drug-likeness (QED) is 0.769. The van der Waals surface area contributed by atoms with Crippen molar-refractivity contribution in [3.8, 4) is 11.1 Å². The van der Waals surface area contributed by atoms with Gasteiger partial charge >= 0.3 is 0 Å². The monoisotopic (exact) mass is 307 g/mol. The van der Waals surface area contributed by atoms with Crippen LogP contribution in [0.1, 0.15) is 25.1 Å². The lowest BCUT2D eigenvalue weighted by molar-refractivity contribution is 0.526. The first-order valence-corrected chi connectivity index (χ1v) is 8.34. The van der Waals surface area contributed by atoms with E-state index >= 15 is 0 Å². The summed E-state index contributed by atoms with van der Waals surface area (Å²) < 4.78 is 2.45. The molecule has 0 unspecified atom stereocenters. The number of benzene rings is 1. The number of hydrogen-bond acceptors (Lipinski definition) is 2. The zero-order chi connectivity index (χ0) is 16.4. The van der Waals surface area contributed by atoms with Crippen LogP contribution in [0.15, 0.2) is 42.7 Å². The third-order valence-corrected chi connectivity index (χ3v) is 4.41. The number of pyridine rings is 1. The van der Waals surface area contributed by atoms with E-state index in [2.05, 4.69) is 60.7 Å². The van der Waals surface area contributed by atoms with E-state index in [9.17, 15) is 0 Å². The molecule has 2 aromatic heterocycles. The summed E-state index contributed by atoms with van der Waals surface area (Å²) in [6.07, 6.45) is 4.62. The first kappa shape index (κ1) is 15.8. The van der Waals surface area contributed by atoms with Gasteiger partial charge in [-0.2, -0.15) is 0 Å². The second-order valence-electron chi connectivity index (χ2n) is 6.57. The molecule has 0 aliphatic heterocycles. The van der Waals surface area contributed by atoms with Crippen LogP contribution in [-0.4, -0.2) is 16.1 Å². The zero-order valence-corrected chi connectivity index (χ0v) is 14.2. The Morgan fingerprint density at radius 2 is 1.83 bits per heavy atom. The summed E-state index contributed by atoms with van der Waals surface area (Å²) in [5, 5.41) is 1.34. The smallest absolute Gasteiger partial charge is 0.0491 e. The summed E-state index contributed by atoms with van der Waals surface area (Å²) in [6, 6.07) is 10.9. The molecule has 2 heterocycles. The SMILES string of the molecule is Cc1c(CCN)c2ccc(-c3ccncc3)cc2n1CC(C)C. The Bertz CT molecular complexity index is 801. The Balaban J connectivity index is 2.20. The fourth-order valence-corrected chi connectivity index (χ4v) is 3.33. The fraction of sp³-hybridized carbons (Fsp3) is 0.350. The number of hydrogen-bond donors (Lipinski definition) is 1. The molecule has 3 rings (SSSR count). The van der Waals surface area contributed by atoms with Gasteiger partial charge in [-0.05, 0) is 60.7 Å². The highest BCUT2D eigenvalue weighted by Gasteiger charge is 2.15. The number of nitrogens with two attached hydrogens (primary N) is 1. The van der Waals surface area contributed by atoms with Gasteiger partial charge in [-0.15, -0.1) is 0 Å². The van der Waals surface area contributed by atoms with E-state index in [1.54, 1.807) is 0 Å². The molecule has 0 spiro atoms. The van der Waals surface area contributed by atoms with Gasteiger partial charge in [0.25, 0.3) is 0 Å². The molecule has 1 aromatic carbocycles. The molecule has 2 N–H and O–H groups in total. The van der Waals surface area contributed by atoms with Crippen LogP contribution in [0.4, 0.5) is 0 Å². The summed E-state index contributed by atoms with van der Waals surface area (Å²) in [5.41, 5.74) is 12.3. The van der Waals surface area contributed by atoms with E-state index in [0.29, 0.717) is 12.5 Å². The summed E-state index contributed by atoms with van der Waals surface area (Å²) in [4.78, 5) is 4.11. The number of fused-ring (bicyclic) bond motifs is 1. The maximum absolute atomic E-state index is 5.84. The van der Waals surface area contributed by atoms with Gasteiger partial charge in [0, 0.05) is 35.5 Å². The predicted molar refractivity (Wildman–Crippen MR) is 97.5 cm³/mol. The van der Waals surface area contributed by atoms with Crippen LogP contribution in [0.2, 0.25) is 0 Å². The van der Waals surface area contributed by atoms with Crippen molar-refractivity contribution in [2.24, 2.45) is 11.7 Å². The van der Waals surface area contributed by atoms with Crippen molar-refractivity contribution in [1.82, 2.24) is 9.55 Å². The summed E-state index contributed by atoms with van der Waals surface area (Å²) in [5.74, 6) is 0.611. The first-order valence-electron chi connectivity index (χ1n) is 8.34. The third kappa shape index (κ3) is 3.02. The lowest BCUT2D eigenvalue weighted by atomic mass is 10.0. The van der Waals surface area contributed by atoms with Crippen molar-refractivity contribution in [3.05, 3.63) is 54.0 Å². The molecule has 3 heteroatoms. The molecule has 120 valence electrons. The molecule has 23 heavy (non-hydrogen) atoms. The largest absolute Gasteiger partial charge is 0.344 e. The predicted octanol–water partition coefficient (Wildman–Crippen LogP) is 4.17. The highest BCUT2D eigenvalue weighted by atomic mass is 15.0. The van der Waals surface area contributed by atoms with E-state index in [-0.39, 0.29) is 0 Å². The molecule has 3 nitrogen and oxygen atoms in total. The van der Waals surface area contributed by atoms with E-state index in [1.165, 1.54) is 33.3 Å². The lowest BCUT2D eigenvalue weighted by Crippen LogP contribution is -2.08. The Labute approximate surface area is 138 Å². The molecule has 0 saturated carbocycles. The van der Waals surface area contributed by atoms with Crippen molar-refractivity contribution < 1.29 is 0 Å². The van der Waals surface area contributed by atoms with Crippen LogP contribution in [-0.2, 0) is 13.0 Å². The van der Waals surface area contributed by atoms with E-state index < -0.39 is 0 Å². The van der Waals surface area contributed by atoms with Crippen LogP contribution < -0.4 is 5.73 Å². The van der Waals surface area contributed by atoms with Crippen LogP contribution >= 0.6 is 0 Å². The molecule has 3 aromatic rings. The van der Waals surface area contributed by atoms with Gasteiger partial charge in [0.2, 0.25) is 0 Å². The van der Waals surface area contributed by atoms with Crippen molar-refractivity contribution in [1.29, 1.82) is 0 Å². The summed E-state index contributed by atoms with van der Waals surface area (Å²) in [7, 11) is 0. The van der Waals surface area contributed by atoms with Crippen LogP contribution in [0.3, 0.4) is 0 Å². The van der Waals surface area contributed by atoms with Gasteiger partial charge in [0.15, 0.2) is 0 Å². The standard InChI is InChI=1S/C20H25N3/c1-14(2)13-23-15(3)18(6-9-21)19-5-4-17(12-20(19)23)16-7-10-22-11-8-16/h4-5,7-8,10-12,14H,6,9,13,21H2,1-3H3. The van der Waals surface area contributed by atoms with Gasteiger partial charge in [0.1, 0.15) is 0 Å². The number of aromatic nitrogens is 2. The van der Waals surface area contributed by atoms with Crippen molar-refractivity contribution in [2.75, 3.05) is 6.54 Å². The summed E-state index contributed by atoms with van der Waals surface area (Å²) in [6.45, 7) is 8.47. The molecule has 0 aliphatic rings. The Morgan fingerprint density at radius 1 is 1.09 bits per heavy atom. The molecule has 0 aliphatic carbocycles. The zero-order valence-electron chi connectivity index (χ0n) is 14.2. The average Bonchev–Trinajstić information content (AvgIpc) is 2.81. The maximum Gasteiger partial charge on any atom is 0.0491 e. The third-order valence-electron chi connectivity index (χ3n) is 4.41. The van der Waals surface area contributed by atoms with E-state index in [0.717, 1.165) is 13.0 Å². The van der Waals surface area contributed by atoms with Gasteiger partial charge in [-0.25, -0.2) is 0 Å². The van der Waals surface area contributed by atoms with Crippen molar-refractivity contribution in [2.45, 2.75) is 33.7 Å². The van der Waals surface area contributed by atoms with Crippen LogP contribution in [0.25, 0.3) is 22.0 Å². The highest BCUT2D eigenvalue weighted by molar-refractivity contribution is 5.89. The first-order chi connectivity index (χ1) is 11.1. The topological polar surface area (TPSA) is 43.8 Å². The molecule has 0 amide bonds. The van der Waals surface area contributed by atoms with Gasteiger partial charge in [-0.3, -0.25) is 4.98 Å². The molecular weight excluding hydrogens is 282 g/mol. The van der Waals surface area contributed by atoms with Gasteiger partial charge < -0.3 is 10.3 Å². The minimum Gasteiger partial charge on any atom is -0.344 e. The molecule has 0 bridgehead atoms. The number of rotatable bonds is 5. The second kappa shape index (κ2) is 6.55. The van der Waals surface area contributed by atoms with Crippen molar-refractivity contribution >= 4 is 10.9 Å². The Kier molecular flexibility index (Phi) is 4.49. The lowest BCUT2D eigenvalue weighted by Gasteiger charge is -2.12. The summed E-state index contributed by atoms with van der Waals surface area (Å²) >= 11 is 0. The van der Waals surface area contributed by atoms with Gasteiger partial charge in [-0.1, -0.05) is 26.0 Å². The van der Waals surface area contributed by atoms with E-state index in [1.807, 2.05) is 12.4 Å².